The van der Waals surface area contributed by atoms with Crippen molar-refractivity contribution < 1.29 is 4.43 Å². The van der Waals surface area contributed by atoms with Crippen LogP contribution in [-0.2, 0) is 4.43 Å². The van der Waals surface area contributed by atoms with Crippen molar-refractivity contribution in [3.63, 3.8) is 0 Å². The first-order valence-corrected chi connectivity index (χ1v) is 8.51. The van der Waals surface area contributed by atoms with Gasteiger partial charge in [0.25, 0.3) is 12.6 Å². The molecule has 2 atom stereocenters. The molecule has 1 fully saturated rings. The zero-order valence-corrected chi connectivity index (χ0v) is 9.92. The van der Waals surface area contributed by atoms with E-state index in [0.717, 1.165) is 12.8 Å². The molecule has 74 valence electrons. The minimum Gasteiger partial charge on any atom is -0.407 e. The highest BCUT2D eigenvalue weighted by atomic mass is 28.4. The van der Waals surface area contributed by atoms with Crippen LogP contribution in [0.2, 0.25) is 19.6 Å². The van der Waals surface area contributed by atoms with E-state index in [4.69, 9.17) is 11.0 Å². The first-order chi connectivity index (χ1) is 6.03. The second kappa shape index (κ2) is 4.25. The maximum atomic E-state index is 6.05. The molecule has 0 N–H and O–H groups in total. The molecule has 1 saturated carbocycles. The zero-order chi connectivity index (χ0) is 9.90. The summed E-state index contributed by atoms with van der Waals surface area (Å²) in [4.78, 5) is 3.91. The number of hydrogen-bond donors (Lipinski definition) is 0. The van der Waals surface area contributed by atoms with Gasteiger partial charge in [-0.2, -0.15) is 0 Å². The van der Waals surface area contributed by atoms with Gasteiger partial charge in [0.1, 0.15) is 6.10 Å². The molecule has 0 radical (unpaired) electrons. The van der Waals surface area contributed by atoms with Crippen molar-refractivity contribution in [2.75, 3.05) is 0 Å². The van der Waals surface area contributed by atoms with Crippen LogP contribution in [0.5, 0.6) is 0 Å². The molecule has 0 heterocycles. The third kappa shape index (κ3) is 3.49. The van der Waals surface area contributed by atoms with Gasteiger partial charge in [-0.25, -0.2) is 0 Å². The zero-order valence-electron chi connectivity index (χ0n) is 8.92. The number of nitrogens with zero attached hydrogens (tertiary/aromatic N) is 1. The average Bonchev–Trinajstić information content (AvgIpc) is 2.02. The third-order valence-corrected chi connectivity index (χ3v) is 3.37. The van der Waals surface area contributed by atoms with E-state index < -0.39 is 8.32 Å². The van der Waals surface area contributed by atoms with Crippen molar-refractivity contribution in [2.24, 2.45) is 0 Å². The Labute approximate surface area is 82.2 Å². The fourth-order valence-electron chi connectivity index (χ4n) is 1.84. The van der Waals surface area contributed by atoms with Gasteiger partial charge >= 0.3 is 0 Å². The summed E-state index contributed by atoms with van der Waals surface area (Å²) in [6.07, 6.45) is 5.05. The van der Waals surface area contributed by atoms with E-state index in [1.54, 1.807) is 0 Å². The quantitative estimate of drug-likeness (QED) is 0.622. The summed E-state index contributed by atoms with van der Waals surface area (Å²) in [5.74, 6) is 0. The smallest absolute Gasteiger partial charge is 0.296 e. The highest BCUT2D eigenvalue weighted by molar-refractivity contribution is 6.69. The Kier molecular flexibility index (Phi) is 3.52. The summed E-state index contributed by atoms with van der Waals surface area (Å²) in [7, 11) is -1.42. The molecule has 13 heavy (non-hydrogen) atoms. The SMILES string of the molecule is C#[N+][C@H]1CCCC[C@@H]1O[Si](C)(C)C. The highest BCUT2D eigenvalue weighted by Crippen LogP contribution is 2.26. The Hall–Kier alpha value is -0.333. The molecule has 0 aromatic heterocycles. The molecular weight excluding hydrogens is 178 g/mol. The minimum absolute atomic E-state index is 0.250. The van der Waals surface area contributed by atoms with E-state index in [2.05, 4.69) is 24.5 Å². The average molecular weight is 198 g/mol. The Morgan fingerprint density at radius 2 is 1.85 bits per heavy atom. The van der Waals surface area contributed by atoms with Crippen LogP contribution in [0.3, 0.4) is 0 Å². The lowest BCUT2D eigenvalue weighted by atomic mass is 9.93. The molecule has 0 spiro atoms. The predicted molar refractivity (Wildman–Crippen MR) is 58.8 cm³/mol. The van der Waals surface area contributed by atoms with Crippen molar-refractivity contribution in [1.82, 2.24) is 0 Å². The lowest BCUT2D eigenvalue weighted by molar-refractivity contribution is 0.140. The van der Waals surface area contributed by atoms with E-state index in [0.29, 0.717) is 6.10 Å². The number of rotatable bonds is 2. The lowest BCUT2D eigenvalue weighted by Crippen LogP contribution is -2.39. The molecule has 0 saturated heterocycles. The van der Waals surface area contributed by atoms with Gasteiger partial charge in [0.2, 0.25) is 0 Å². The molecule has 0 aromatic rings. The second-order valence-electron chi connectivity index (χ2n) is 4.77. The third-order valence-electron chi connectivity index (χ3n) is 2.36. The van der Waals surface area contributed by atoms with Gasteiger partial charge in [-0.3, -0.25) is 0 Å². The first-order valence-electron chi connectivity index (χ1n) is 5.11. The van der Waals surface area contributed by atoms with Crippen LogP contribution in [0.4, 0.5) is 0 Å². The van der Waals surface area contributed by atoms with Gasteiger partial charge in [-0.15, -0.1) is 0 Å². The Morgan fingerprint density at radius 3 is 2.38 bits per heavy atom. The van der Waals surface area contributed by atoms with Crippen LogP contribution in [0.1, 0.15) is 25.7 Å². The van der Waals surface area contributed by atoms with Gasteiger partial charge in [-0.05, 0) is 32.5 Å². The fourth-order valence-corrected chi connectivity index (χ4v) is 3.02. The van der Waals surface area contributed by atoms with E-state index >= 15 is 0 Å². The van der Waals surface area contributed by atoms with Gasteiger partial charge in [0.15, 0.2) is 8.32 Å². The standard InChI is InChI=1S/C10H20NOSi/c1-11-9-7-5-6-8-10(9)12-13(2,3)4/h1,9-10H,5-8H2,2-4H3/q+1/t9-,10-/m0/s1. The van der Waals surface area contributed by atoms with Crippen molar-refractivity contribution in [1.29, 1.82) is 0 Å². The molecule has 0 bridgehead atoms. The summed E-state index contributed by atoms with van der Waals surface area (Å²) in [5.41, 5.74) is 0. The van der Waals surface area contributed by atoms with E-state index in [9.17, 15) is 0 Å². The second-order valence-corrected chi connectivity index (χ2v) is 9.23. The summed E-state index contributed by atoms with van der Waals surface area (Å²) in [5, 5.41) is 0. The predicted octanol–water partition coefficient (Wildman–Crippen LogP) is 3.11. The van der Waals surface area contributed by atoms with Crippen LogP contribution < -0.4 is 0 Å². The Morgan fingerprint density at radius 1 is 1.23 bits per heavy atom. The summed E-state index contributed by atoms with van der Waals surface area (Å²) in [6.45, 7) is 12.0. The molecule has 1 rings (SSSR count). The van der Waals surface area contributed by atoms with Crippen LogP contribution in [0.15, 0.2) is 0 Å². The summed E-state index contributed by atoms with van der Waals surface area (Å²) in [6, 6.07) is 0.250. The van der Waals surface area contributed by atoms with Crippen LogP contribution in [0, 0.1) is 6.57 Å². The first kappa shape index (κ1) is 10.7. The van der Waals surface area contributed by atoms with Gasteiger partial charge in [-0.1, -0.05) is 11.3 Å². The van der Waals surface area contributed by atoms with Gasteiger partial charge < -0.3 is 4.43 Å². The molecule has 0 aromatic carbocycles. The minimum atomic E-state index is -1.42. The fraction of sp³-hybridized carbons (Fsp3) is 0.900. The van der Waals surface area contributed by atoms with Crippen molar-refractivity contribution >= 4 is 8.32 Å². The van der Waals surface area contributed by atoms with Gasteiger partial charge in [0, 0.05) is 6.42 Å². The normalized spacial score (nSPS) is 29.7. The topological polar surface area (TPSA) is 13.6 Å². The van der Waals surface area contributed by atoms with Gasteiger partial charge in [0.05, 0.1) is 0 Å². The molecule has 0 unspecified atom stereocenters. The van der Waals surface area contributed by atoms with Crippen molar-refractivity contribution in [3.8, 4) is 6.57 Å². The Bertz CT molecular complexity index is 204. The van der Waals surface area contributed by atoms with E-state index in [1.807, 2.05) is 0 Å². The lowest BCUT2D eigenvalue weighted by Gasteiger charge is -2.28. The molecule has 0 amide bonds. The van der Waals surface area contributed by atoms with Crippen LogP contribution in [0.25, 0.3) is 4.85 Å². The summed E-state index contributed by atoms with van der Waals surface area (Å²) < 4.78 is 6.05. The van der Waals surface area contributed by atoms with E-state index in [-0.39, 0.29) is 6.04 Å². The molecule has 1 aliphatic carbocycles. The maximum Gasteiger partial charge on any atom is 0.296 e. The molecule has 0 aliphatic heterocycles. The van der Waals surface area contributed by atoms with Crippen molar-refractivity contribution in [2.45, 2.75) is 57.5 Å². The Balaban J connectivity index is 2.51. The van der Waals surface area contributed by atoms with Crippen LogP contribution in [-0.4, -0.2) is 20.5 Å². The van der Waals surface area contributed by atoms with Crippen molar-refractivity contribution in [3.05, 3.63) is 4.85 Å². The molecule has 1 aliphatic rings. The molecule has 2 nitrogen and oxygen atoms in total. The molecule has 3 heteroatoms. The number of hydrogen-bond acceptors (Lipinski definition) is 1. The molecular formula is C10H20NOSi+. The highest BCUT2D eigenvalue weighted by Gasteiger charge is 2.35. The monoisotopic (exact) mass is 198 g/mol. The van der Waals surface area contributed by atoms with Crippen LogP contribution >= 0.6 is 0 Å². The largest absolute Gasteiger partial charge is 0.407 e. The van der Waals surface area contributed by atoms with E-state index in [1.165, 1.54) is 12.8 Å². The maximum absolute atomic E-state index is 6.05. The summed E-state index contributed by atoms with van der Waals surface area (Å²) >= 11 is 0.